The minimum Gasteiger partial charge on any atom is -0.466 e. The third kappa shape index (κ3) is 3.31. The van der Waals surface area contributed by atoms with Gasteiger partial charge >= 0.3 is 0 Å². The topological polar surface area (TPSA) is 25.2 Å². The highest BCUT2D eigenvalue weighted by Gasteiger charge is 2.17. The summed E-state index contributed by atoms with van der Waals surface area (Å²) in [5.74, 6) is 2.01. The summed E-state index contributed by atoms with van der Waals surface area (Å²) in [7, 11) is 0. The van der Waals surface area contributed by atoms with Crippen LogP contribution < -0.4 is 5.32 Å². The molecule has 0 saturated carbocycles. The Labute approximate surface area is 122 Å². The zero-order valence-corrected chi connectivity index (χ0v) is 13.2. The second-order valence-electron chi connectivity index (χ2n) is 5.60. The van der Waals surface area contributed by atoms with Crippen molar-refractivity contribution in [1.82, 2.24) is 5.32 Å². The summed E-state index contributed by atoms with van der Waals surface area (Å²) in [6, 6.07) is 9.21. The lowest BCUT2D eigenvalue weighted by molar-refractivity contribution is 0.484. The minimum atomic E-state index is 0.319. The van der Waals surface area contributed by atoms with Gasteiger partial charge in [-0.1, -0.05) is 25.1 Å². The SMILES string of the molecule is CCNC(Cc1ccc(C)c(C)c1)c1cc(C)oc1C. The molecule has 2 nitrogen and oxygen atoms in total. The van der Waals surface area contributed by atoms with E-state index in [1.165, 1.54) is 22.3 Å². The molecule has 1 atom stereocenters. The number of furan rings is 1. The maximum atomic E-state index is 5.68. The van der Waals surface area contributed by atoms with Crippen molar-refractivity contribution in [3.05, 3.63) is 58.0 Å². The molecule has 1 heterocycles. The Morgan fingerprint density at radius 3 is 2.35 bits per heavy atom. The van der Waals surface area contributed by atoms with E-state index < -0.39 is 0 Å². The zero-order chi connectivity index (χ0) is 14.7. The highest BCUT2D eigenvalue weighted by Crippen LogP contribution is 2.25. The maximum Gasteiger partial charge on any atom is 0.105 e. The van der Waals surface area contributed by atoms with E-state index >= 15 is 0 Å². The Morgan fingerprint density at radius 2 is 1.80 bits per heavy atom. The highest BCUT2D eigenvalue weighted by molar-refractivity contribution is 5.32. The molecule has 2 aromatic rings. The first kappa shape index (κ1) is 14.9. The van der Waals surface area contributed by atoms with Crippen LogP contribution >= 0.6 is 0 Å². The van der Waals surface area contributed by atoms with Crippen LogP contribution in [0, 0.1) is 27.7 Å². The van der Waals surface area contributed by atoms with Gasteiger partial charge in [-0.15, -0.1) is 0 Å². The molecule has 2 rings (SSSR count). The fraction of sp³-hybridized carbons (Fsp3) is 0.444. The number of hydrogen-bond donors (Lipinski definition) is 1. The molecule has 0 saturated heterocycles. The smallest absolute Gasteiger partial charge is 0.105 e. The van der Waals surface area contributed by atoms with Crippen LogP contribution in [0.4, 0.5) is 0 Å². The molecule has 0 aliphatic heterocycles. The Morgan fingerprint density at radius 1 is 1.05 bits per heavy atom. The Hall–Kier alpha value is -1.54. The molecule has 108 valence electrons. The van der Waals surface area contributed by atoms with E-state index in [9.17, 15) is 0 Å². The molecule has 0 aliphatic rings. The van der Waals surface area contributed by atoms with Gasteiger partial charge < -0.3 is 9.73 Å². The summed E-state index contributed by atoms with van der Waals surface area (Å²) in [4.78, 5) is 0. The molecule has 1 aromatic heterocycles. The number of rotatable bonds is 5. The Bertz CT molecular complexity index is 583. The molecule has 2 heteroatoms. The summed E-state index contributed by atoms with van der Waals surface area (Å²) in [5, 5.41) is 3.58. The molecule has 1 aromatic carbocycles. The van der Waals surface area contributed by atoms with Gasteiger partial charge in [0, 0.05) is 11.6 Å². The highest BCUT2D eigenvalue weighted by atomic mass is 16.3. The van der Waals surface area contributed by atoms with Gasteiger partial charge in [0.2, 0.25) is 0 Å². The molecule has 1 unspecified atom stereocenters. The molecule has 0 spiro atoms. The summed E-state index contributed by atoms with van der Waals surface area (Å²) in [5.41, 5.74) is 5.36. The van der Waals surface area contributed by atoms with Crippen molar-refractivity contribution in [1.29, 1.82) is 0 Å². The second-order valence-corrected chi connectivity index (χ2v) is 5.60. The summed E-state index contributed by atoms with van der Waals surface area (Å²) >= 11 is 0. The standard InChI is InChI=1S/C18H25NO/c1-6-19-18(17-10-14(4)20-15(17)5)11-16-8-7-12(2)13(3)9-16/h7-10,18-19H,6,11H2,1-5H3. The monoisotopic (exact) mass is 271 g/mol. The largest absolute Gasteiger partial charge is 0.466 e. The van der Waals surface area contributed by atoms with Crippen LogP contribution in [0.15, 0.2) is 28.7 Å². The summed E-state index contributed by atoms with van der Waals surface area (Å²) < 4.78 is 5.68. The van der Waals surface area contributed by atoms with Crippen LogP contribution in [0.5, 0.6) is 0 Å². The number of likely N-dealkylation sites (N-methyl/N-ethyl adjacent to an activating group) is 1. The molecule has 20 heavy (non-hydrogen) atoms. The number of hydrogen-bond acceptors (Lipinski definition) is 2. The van der Waals surface area contributed by atoms with E-state index in [1.54, 1.807) is 0 Å². The predicted molar refractivity (Wildman–Crippen MR) is 84.2 cm³/mol. The summed E-state index contributed by atoms with van der Waals surface area (Å²) in [6.07, 6.45) is 0.995. The molecular weight excluding hydrogens is 246 g/mol. The van der Waals surface area contributed by atoms with E-state index in [2.05, 4.69) is 50.4 Å². The average molecular weight is 271 g/mol. The van der Waals surface area contributed by atoms with Gasteiger partial charge in [-0.2, -0.15) is 0 Å². The molecule has 0 amide bonds. The Kier molecular flexibility index (Phi) is 4.66. The summed E-state index contributed by atoms with van der Waals surface area (Å²) in [6.45, 7) is 11.5. The van der Waals surface area contributed by atoms with Crippen LogP contribution in [0.25, 0.3) is 0 Å². The normalized spacial score (nSPS) is 12.7. The first-order chi connectivity index (χ1) is 9.51. The van der Waals surface area contributed by atoms with E-state index in [1.807, 2.05) is 13.8 Å². The van der Waals surface area contributed by atoms with E-state index in [0.29, 0.717) is 6.04 Å². The average Bonchev–Trinajstić information content (AvgIpc) is 2.72. The zero-order valence-electron chi connectivity index (χ0n) is 13.2. The minimum absolute atomic E-state index is 0.319. The fourth-order valence-electron chi connectivity index (χ4n) is 2.70. The predicted octanol–water partition coefficient (Wildman–Crippen LogP) is 4.41. The number of aryl methyl sites for hydroxylation is 4. The fourth-order valence-corrected chi connectivity index (χ4v) is 2.70. The van der Waals surface area contributed by atoms with Gasteiger partial charge in [0.15, 0.2) is 0 Å². The molecule has 0 bridgehead atoms. The molecular formula is C18H25NO. The number of nitrogens with one attached hydrogen (secondary N) is 1. The van der Waals surface area contributed by atoms with Gasteiger partial charge in [-0.3, -0.25) is 0 Å². The second kappa shape index (κ2) is 6.27. The first-order valence-electron chi connectivity index (χ1n) is 7.37. The quantitative estimate of drug-likeness (QED) is 0.871. The van der Waals surface area contributed by atoms with E-state index in [4.69, 9.17) is 4.42 Å². The third-order valence-corrected chi connectivity index (χ3v) is 3.92. The van der Waals surface area contributed by atoms with Gasteiger partial charge in [-0.25, -0.2) is 0 Å². The van der Waals surface area contributed by atoms with Crippen LogP contribution in [0.1, 0.15) is 46.7 Å². The van der Waals surface area contributed by atoms with Crippen LogP contribution in [0.2, 0.25) is 0 Å². The van der Waals surface area contributed by atoms with Crippen molar-refractivity contribution < 1.29 is 4.42 Å². The van der Waals surface area contributed by atoms with Gasteiger partial charge in [0.1, 0.15) is 11.5 Å². The van der Waals surface area contributed by atoms with Gasteiger partial charge in [0.25, 0.3) is 0 Å². The van der Waals surface area contributed by atoms with Crippen molar-refractivity contribution in [2.75, 3.05) is 6.54 Å². The maximum absolute atomic E-state index is 5.68. The number of benzene rings is 1. The van der Waals surface area contributed by atoms with Gasteiger partial charge in [-0.05, 0) is 63.4 Å². The lowest BCUT2D eigenvalue weighted by Crippen LogP contribution is -2.23. The van der Waals surface area contributed by atoms with E-state index in [-0.39, 0.29) is 0 Å². The van der Waals surface area contributed by atoms with Crippen molar-refractivity contribution in [3.8, 4) is 0 Å². The molecule has 0 fully saturated rings. The molecule has 0 aliphatic carbocycles. The first-order valence-corrected chi connectivity index (χ1v) is 7.37. The van der Waals surface area contributed by atoms with Crippen LogP contribution in [0.3, 0.4) is 0 Å². The lowest BCUT2D eigenvalue weighted by Gasteiger charge is -2.18. The van der Waals surface area contributed by atoms with Crippen molar-refractivity contribution in [2.45, 2.75) is 47.1 Å². The van der Waals surface area contributed by atoms with Crippen molar-refractivity contribution in [2.24, 2.45) is 0 Å². The van der Waals surface area contributed by atoms with Crippen molar-refractivity contribution in [3.63, 3.8) is 0 Å². The van der Waals surface area contributed by atoms with Crippen LogP contribution in [-0.2, 0) is 6.42 Å². The van der Waals surface area contributed by atoms with Gasteiger partial charge in [0.05, 0.1) is 0 Å². The van der Waals surface area contributed by atoms with E-state index in [0.717, 1.165) is 24.5 Å². The molecule has 1 N–H and O–H groups in total. The molecule has 0 radical (unpaired) electrons. The van der Waals surface area contributed by atoms with Crippen molar-refractivity contribution >= 4 is 0 Å². The van der Waals surface area contributed by atoms with Crippen LogP contribution in [-0.4, -0.2) is 6.54 Å². The lowest BCUT2D eigenvalue weighted by atomic mass is 9.96. The third-order valence-electron chi connectivity index (χ3n) is 3.92. The Balaban J connectivity index is 2.25.